The zero-order valence-corrected chi connectivity index (χ0v) is 25.0. The maximum Gasteiger partial charge on any atom is 0.258 e. The maximum absolute atomic E-state index is 13.6. The van der Waals surface area contributed by atoms with Crippen LogP contribution in [-0.4, -0.2) is 74.9 Å². The van der Waals surface area contributed by atoms with E-state index in [0.29, 0.717) is 46.9 Å². The zero-order valence-electron chi connectivity index (χ0n) is 25.0. The topological polar surface area (TPSA) is 82.2 Å². The summed E-state index contributed by atoms with van der Waals surface area (Å²) in [5, 5.41) is 2.95. The van der Waals surface area contributed by atoms with Crippen LogP contribution in [0.15, 0.2) is 91.0 Å². The Morgan fingerprint density at radius 3 is 2.16 bits per heavy atom. The van der Waals surface area contributed by atoms with Gasteiger partial charge in [-0.1, -0.05) is 60.2 Å². The average Bonchev–Trinajstić information content (AvgIpc) is 3.04. The second-order valence-corrected chi connectivity index (χ2v) is 10.8. The van der Waals surface area contributed by atoms with E-state index in [2.05, 4.69) is 10.2 Å². The molecule has 5 rings (SSSR count). The van der Waals surface area contributed by atoms with Gasteiger partial charge < -0.3 is 24.8 Å². The van der Waals surface area contributed by atoms with Crippen LogP contribution in [0, 0.1) is 6.92 Å². The Labute approximate surface area is 252 Å². The molecule has 1 N–H and O–H groups in total. The lowest BCUT2D eigenvalue weighted by Gasteiger charge is -2.33. The van der Waals surface area contributed by atoms with E-state index >= 15 is 0 Å². The molecule has 0 unspecified atom stereocenters. The fourth-order valence-electron chi connectivity index (χ4n) is 5.21. The summed E-state index contributed by atoms with van der Waals surface area (Å²) in [7, 11) is 5.19. The highest BCUT2D eigenvalue weighted by Crippen LogP contribution is 2.30. The maximum atomic E-state index is 13.6. The molecule has 43 heavy (non-hydrogen) atoms. The number of rotatable bonds is 7. The molecule has 0 aromatic heterocycles. The van der Waals surface area contributed by atoms with Crippen LogP contribution in [0.3, 0.4) is 0 Å². The summed E-state index contributed by atoms with van der Waals surface area (Å²) in [5.74, 6) is -0.339. The Morgan fingerprint density at radius 1 is 0.814 bits per heavy atom. The van der Waals surface area contributed by atoms with Crippen LogP contribution in [0.25, 0.3) is 11.1 Å². The van der Waals surface area contributed by atoms with Gasteiger partial charge in [-0.2, -0.15) is 0 Å². The third-order valence-electron chi connectivity index (χ3n) is 7.82. The summed E-state index contributed by atoms with van der Waals surface area (Å²) in [6.07, 6.45) is 0. The van der Waals surface area contributed by atoms with E-state index in [9.17, 15) is 14.4 Å². The molecule has 1 saturated heterocycles. The summed E-state index contributed by atoms with van der Waals surface area (Å²) >= 11 is 0. The second kappa shape index (κ2) is 12.9. The number of amides is 3. The van der Waals surface area contributed by atoms with Crippen LogP contribution in [0.5, 0.6) is 5.75 Å². The van der Waals surface area contributed by atoms with Crippen LogP contribution in [0.4, 0.5) is 11.4 Å². The Morgan fingerprint density at radius 2 is 1.47 bits per heavy atom. The Hall–Kier alpha value is -4.95. The number of hydrogen-bond donors (Lipinski definition) is 1. The van der Waals surface area contributed by atoms with E-state index in [0.717, 1.165) is 29.8 Å². The highest BCUT2D eigenvalue weighted by Gasteiger charge is 2.26. The highest BCUT2D eigenvalue weighted by atomic mass is 16.5. The van der Waals surface area contributed by atoms with E-state index in [1.165, 1.54) is 12.0 Å². The first-order valence-electron chi connectivity index (χ1n) is 14.3. The van der Waals surface area contributed by atoms with Gasteiger partial charge in [-0.3, -0.25) is 14.4 Å². The Kier molecular flexibility index (Phi) is 8.87. The van der Waals surface area contributed by atoms with Crippen molar-refractivity contribution in [3.8, 4) is 16.9 Å². The number of piperazine rings is 1. The summed E-state index contributed by atoms with van der Waals surface area (Å²) < 4.78 is 5.59. The van der Waals surface area contributed by atoms with Crippen molar-refractivity contribution in [3.05, 3.63) is 113 Å². The fraction of sp³-hybridized carbons (Fsp3) is 0.229. The minimum atomic E-state index is -0.306. The molecule has 3 amide bonds. The van der Waals surface area contributed by atoms with Crippen molar-refractivity contribution >= 4 is 29.1 Å². The number of para-hydroxylation sites is 1. The molecule has 1 aliphatic heterocycles. The summed E-state index contributed by atoms with van der Waals surface area (Å²) in [5.41, 5.74) is 5.23. The number of hydrogen-bond acceptors (Lipinski definition) is 5. The van der Waals surface area contributed by atoms with Crippen LogP contribution in [0.2, 0.25) is 0 Å². The van der Waals surface area contributed by atoms with Gasteiger partial charge in [-0.25, -0.2) is 0 Å². The second-order valence-electron chi connectivity index (χ2n) is 10.8. The van der Waals surface area contributed by atoms with E-state index in [-0.39, 0.29) is 17.7 Å². The number of ether oxygens (including phenoxy) is 1. The molecule has 0 atom stereocenters. The SMILES string of the molecule is COc1cc(C(=O)N(C)c2ccccc2C(=O)N2CCN(C)CC2)ccc1NC(=O)c1ccccc1-c1ccc(C)cc1. The van der Waals surface area contributed by atoms with Crippen molar-refractivity contribution in [1.82, 2.24) is 9.80 Å². The minimum Gasteiger partial charge on any atom is -0.495 e. The largest absolute Gasteiger partial charge is 0.495 e. The third-order valence-corrected chi connectivity index (χ3v) is 7.82. The van der Waals surface area contributed by atoms with Gasteiger partial charge in [0.05, 0.1) is 24.0 Å². The smallest absolute Gasteiger partial charge is 0.258 e. The van der Waals surface area contributed by atoms with Gasteiger partial charge in [0.1, 0.15) is 5.75 Å². The lowest BCUT2D eigenvalue weighted by molar-refractivity contribution is 0.0664. The molecule has 220 valence electrons. The van der Waals surface area contributed by atoms with Gasteiger partial charge in [-0.15, -0.1) is 0 Å². The van der Waals surface area contributed by atoms with E-state index in [4.69, 9.17) is 4.74 Å². The molecule has 0 bridgehead atoms. The molecule has 0 saturated carbocycles. The Balaban J connectivity index is 1.36. The minimum absolute atomic E-state index is 0.0927. The van der Waals surface area contributed by atoms with E-state index < -0.39 is 0 Å². The number of aryl methyl sites for hydroxylation is 1. The zero-order chi connectivity index (χ0) is 30.5. The summed E-state index contributed by atoms with van der Waals surface area (Å²) in [4.78, 5) is 46.0. The van der Waals surface area contributed by atoms with Crippen LogP contribution in [-0.2, 0) is 0 Å². The van der Waals surface area contributed by atoms with Crippen molar-refractivity contribution in [2.45, 2.75) is 6.92 Å². The molecule has 4 aromatic rings. The molecule has 0 spiro atoms. The number of methoxy groups -OCH3 is 1. The highest BCUT2D eigenvalue weighted by molar-refractivity contribution is 6.12. The Bertz CT molecular complexity index is 1640. The number of nitrogens with zero attached hydrogens (tertiary/aromatic N) is 3. The molecule has 0 radical (unpaired) electrons. The summed E-state index contributed by atoms with van der Waals surface area (Å²) in [6.45, 7) is 4.92. The molecule has 1 fully saturated rings. The number of anilines is 2. The van der Waals surface area contributed by atoms with Gasteiger partial charge >= 0.3 is 0 Å². The molecule has 1 aliphatic rings. The van der Waals surface area contributed by atoms with Crippen LogP contribution >= 0.6 is 0 Å². The molecule has 0 aliphatic carbocycles. The average molecular weight is 577 g/mol. The molecule has 4 aromatic carbocycles. The molecule has 8 nitrogen and oxygen atoms in total. The molecule has 1 heterocycles. The number of nitrogens with one attached hydrogen (secondary N) is 1. The monoisotopic (exact) mass is 576 g/mol. The number of benzene rings is 4. The first-order valence-corrected chi connectivity index (χ1v) is 14.3. The van der Waals surface area contributed by atoms with Crippen LogP contribution in [0.1, 0.15) is 36.6 Å². The van der Waals surface area contributed by atoms with E-state index in [1.807, 2.05) is 73.5 Å². The summed E-state index contributed by atoms with van der Waals surface area (Å²) in [6, 6.07) is 27.5. The lowest BCUT2D eigenvalue weighted by Crippen LogP contribution is -2.47. The molecular weight excluding hydrogens is 540 g/mol. The lowest BCUT2D eigenvalue weighted by atomic mass is 9.98. The molecule has 8 heteroatoms. The van der Waals surface area contributed by atoms with E-state index in [1.54, 1.807) is 43.4 Å². The predicted octanol–water partition coefficient (Wildman–Crippen LogP) is 5.59. The molecular formula is C35H36N4O4. The van der Waals surface area contributed by atoms with Crippen molar-refractivity contribution in [2.75, 3.05) is 57.6 Å². The van der Waals surface area contributed by atoms with Gasteiger partial charge in [-0.05, 0) is 61.5 Å². The van der Waals surface area contributed by atoms with Gasteiger partial charge in [0.15, 0.2) is 0 Å². The van der Waals surface area contributed by atoms with Crippen molar-refractivity contribution in [1.29, 1.82) is 0 Å². The van der Waals surface area contributed by atoms with Gasteiger partial charge in [0, 0.05) is 44.4 Å². The van der Waals surface area contributed by atoms with Gasteiger partial charge in [0.25, 0.3) is 17.7 Å². The van der Waals surface area contributed by atoms with Crippen LogP contribution < -0.4 is 15.0 Å². The predicted molar refractivity (Wildman–Crippen MR) is 170 cm³/mol. The quantitative estimate of drug-likeness (QED) is 0.310. The number of carbonyl (C=O) groups is 3. The standard InChI is InChI=1S/C35H36N4O4/c1-24-13-15-25(16-14-24)27-9-5-6-10-28(27)33(40)36-30-18-17-26(23-32(30)43-4)34(41)38(3)31-12-8-7-11-29(31)35(42)39-21-19-37(2)20-22-39/h5-18,23H,19-22H2,1-4H3,(H,36,40). The van der Waals surface area contributed by atoms with Crippen molar-refractivity contribution < 1.29 is 19.1 Å². The number of likely N-dealkylation sites (N-methyl/N-ethyl adjacent to an activating group) is 1. The first-order chi connectivity index (χ1) is 20.8. The third kappa shape index (κ3) is 6.44. The number of carbonyl (C=O) groups excluding carboxylic acids is 3. The normalized spacial score (nSPS) is 13.3. The van der Waals surface area contributed by atoms with Crippen molar-refractivity contribution in [3.63, 3.8) is 0 Å². The van der Waals surface area contributed by atoms with Gasteiger partial charge in [0.2, 0.25) is 0 Å². The fourth-order valence-corrected chi connectivity index (χ4v) is 5.21. The first kappa shape index (κ1) is 29.5. The van der Waals surface area contributed by atoms with Crippen molar-refractivity contribution in [2.24, 2.45) is 0 Å².